The highest BCUT2D eigenvalue weighted by atomic mass is 15.0. The van der Waals surface area contributed by atoms with Crippen LogP contribution in [-0.2, 0) is 0 Å². The highest BCUT2D eigenvalue weighted by Crippen LogP contribution is 2.55. The third kappa shape index (κ3) is 5.86. The van der Waals surface area contributed by atoms with Gasteiger partial charge in [-0.3, -0.25) is 0 Å². The molecule has 7 unspecified atom stereocenters. The fraction of sp³-hybridized carbons (Fsp3) is 1.00. The van der Waals surface area contributed by atoms with Crippen molar-refractivity contribution in [2.75, 3.05) is 6.54 Å². The smallest absolute Gasteiger partial charge is 0.0143 e. The largest absolute Gasteiger partial charge is 0.330 e. The third-order valence-electron chi connectivity index (χ3n) is 9.82. The quantitative estimate of drug-likeness (QED) is 0.414. The summed E-state index contributed by atoms with van der Waals surface area (Å²) in [7, 11) is 0. The molecular weight excluding hydrogens is 380 g/mol. The molecule has 0 saturated heterocycles. The van der Waals surface area contributed by atoms with Crippen LogP contribution in [0.15, 0.2) is 0 Å². The van der Waals surface area contributed by atoms with Crippen molar-refractivity contribution in [2.45, 2.75) is 135 Å². The second-order valence-corrected chi connectivity index (χ2v) is 11.8. The predicted octanol–water partition coefficient (Wildman–Crippen LogP) is 4.94. The minimum Gasteiger partial charge on any atom is -0.330 e. The maximum atomic E-state index is 6.51. The lowest BCUT2D eigenvalue weighted by Gasteiger charge is -2.57. The van der Waals surface area contributed by atoms with Gasteiger partial charge in [0.25, 0.3) is 0 Å². The van der Waals surface area contributed by atoms with Crippen molar-refractivity contribution in [3.05, 3.63) is 0 Å². The Bertz CT molecular complexity index is 491. The van der Waals surface area contributed by atoms with Crippen molar-refractivity contribution in [1.82, 2.24) is 5.32 Å². The van der Waals surface area contributed by atoms with Crippen LogP contribution in [0, 0.1) is 29.1 Å². The van der Waals surface area contributed by atoms with Gasteiger partial charge in [-0.15, -0.1) is 0 Å². The zero-order valence-corrected chi connectivity index (χ0v) is 21.0. The van der Waals surface area contributed by atoms with Crippen LogP contribution in [0.5, 0.6) is 0 Å². The summed E-state index contributed by atoms with van der Waals surface area (Å²) in [4.78, 5) is 0. The number of nitrogens with two attached hydrogens (primary N) is 3. The summed E-state index contributed by atoms with van der Waals surface area (Å²) in [5.41, 5.74) is 19.7. The molecule has 3 fully saturated rings. The van der Waals surface area contributed by atoms with Gasteiger partial charge in [-0.25, -0.2) is 0 Å². The average Bonchev–Trinajstić information content (AvgIpc) is 2.76. The molecule has 31 heavy (non-hydrogen) atoms. The van der Waals surface area contributed by atoms with E-state index in [2.05, 4.69) is 26.1 Å². The van der Waals surface area contributed by atoms with E-state index in [1.54, 1.807) is 0 Å². The topological polar surface area (TPSA) is 90.1 Å². The van der Waals surface area contributed by atoms with E-state index in [1.807, 2.05) is 0 Å². The molecule has 4 nitrogen and oxygen atoms in total. The Labute approximate surface area is 193 Å². The maximum absolute atomic E-state index is 6.51. The number of hydrogen-bond acceptors (Lipinski definition) is 4. The Hall–Kier alpha value is -0.160. The summed E-state index contributed by atoms with van der Waals surface area (Å²) in [6.45, 7) is 8.00. The minimum atomic E-state index is 0.342. The predicted molar refractivity (Wildman–Crippen MR) is 134 cm³/mol. The lowest BCUT2D eigenvalue weighted by molar-refractivity contribution is -0.0488. The van der Waals surface area contributed by atoms with E-state index in [0.29, 0.717) is 41.4 Å². The lowest BCUT2D eigenvalue weighted by atomic mass is 9.51. The van der Waals surface area contributed by atoms with E-state index >= 15 is 0 Å². The Morgan fingerprint density at radius 1 is 0.839 bits per heavy atom. The summed E-state index contributed by atoms with van der Waals surface area (Å²) < 4.78 is 0. The van der Waals surface area contributed by atoms with Crippen molar-refractivity contribution in [3.63, 3.8) is 0 Å². The van der Waals surface area contributed by atoms with E-state index in [-0.39, 0.29) is 0 Å². The summed E-state index contributed by atoms with van der Waals surface area (Å²) in [6, 6.07) is 1.99. The maximum Gasteiger partial charge on any atom is 0.0143 e. The van der Waals surface area contributed by atoms with Crippen LogP contribution in [0.2, 0.25) is 0 Å². The molecule has 0 radical (unpaired) electrons. The molecule has 182 valence electrons. The van der Waals surface area contributed by atoms with Gasteiger partial charge in [0.2, 0.25) is 0 Å². The van der Waals surface area contributed by atoms with Crippen LogP contribution >= 0.6 is 0 Å². The van der Waals surface area contributed by atoms with Gasteiger partial charge in [0.05, 0.1) is 0 Å². The summed E-state index contributed by atoms with van der Waals surface area (Å²) in [5.74, 6) is 2.79. The molecule has 3 aliphatic rings. The van der Waals surface area contributed by atoms with Gasteiger partial charge in [-0.05, 0) is 99.8 Å². The normalized spacial score (nSPS) is 38.5. The lowest BCUT2D eigenvalue weighted by Crippen LogP contribution is -2.59. The number of hydrogen-bond donors (Lipinski definition) is 4. The molecule has 0 bridgehead atoms. The standard InChI is InChI=1S/C27H54N4/c1-4-15-27(21-10-12-24(29)19(2)17-21,22-11-13-25(30)20(3)18-22)26(14-16-28)31-23-8-6-5-7-9-23/h19-26,31H,4-18,28-30H2,1-3H3. The van der Waals surface area contributed by atoms with E-state index < -0.39 is 0 Å². The first-order chi connectivity index (χ1) is 14.9. The van der Waals surface area contributed by atoms with Gasteiger partial charge in [0, 0.05) is 24.2 Å². The molecule has 0 aromatic rings. The molecule has 3 saturated carbocycles. The molecule has 0 aliphatic heterocycles. The van der Waals surface area contributed by atoms with Crippen LogP contribution in [0.25, 0.3) is 0 Å². The molecule has 0 spiro atoms. The van der Waals surface area contributed by atoms with E-state index in [9.17, 15) is 0 Å². The zero-order valence-electron chi connectivity index (χ0n) is 21.0. The van der Waals surface area contributed by atoms with Gasteiger partial charge in [0.15, 0.2) is 0 Å². The van der Waals surface area contributed by atoms with Gasteiger partial charge >= 0.3 is 0 Å². The third-order valence-corrected chi connectivity index (χ3v) is 9.82. The second-order valence-electron chi connectivity index (χ2n) is 11.8. The van der Waals surface area contributed by atoms with Crippen molar-refractivity contribution >= 4 is 0 Å². The highest BCUT2D eigenvalue weighted by molar-refractivity contribution is 5.05. The second kappa shape index (κ2) is 11.8. The first-order valence-corrected chi connectivity index (χ1v) is 13.9. The van der Waals surface area contributed by atoms with Crippen LogP contribution in [0.3, 0.4) is 0 Å². The molecule has 7 atom stereocenters. The Morgan fingerprint density at radius 3 is 1.84 bits per heavy atom. The van der Waals surface area contributed by atoms with Gasteiger partial charge in [0.1, 0.15) is 0 Å². The first-order valence-electron chi connectivity index (χ1n) is 13.9. The summed E-state index contributed by atoms with van der Waals surface area (Å²) >= 11 is 0. The number of rotatable bonds is 9. The van der Waals surface area contributed by atoms with Crippen molar-refractivity contribution in [3.8, 4) is 0 Å². The molecular formula is C27H54N4. The highest BCUT2D eigenvalue weighted by Gasteiger charge is 2.52. The fourth-order valence-corrected chi connectivity index (χ4v) is 7.96. The molecule has 4 heteroatoms. The molecule has 0 amide bonds. The molecule has 0 aromatic heterocycles. The SMILES string of the molecule is CCCC(C1CCC(N)C(C)C1)(C1CCC(N)C(C)C1)C(CCN)NC1CCCCC1. The van der Waals surface area contributed by atoms with E-state index in [1.165, 1.54) is 83.5 Å². The van der Waals surface area contributed by atoms with Gasteiger partial charge < -0.3 is 22.5 Å². The zero-order chi connectivity index (χ0) is 22.4. The Morgan fingerprint density at radius 2 is 1.39 bits per heavy atom. The number of nitrogens with one attached hydrogen (secondary N) is 1. The van der Waals surface area contributed by atoms with E-state index in [0.717, 1.165) is 24.8 Å². The van der Waals surface area contributed by atoms with Gasteiger partial charge in [-0.1, -0.05) is 46.5 Å². The van der Waals surface area contributed by atoms with E-state index in [4.69, 9.17) is 17.2 Å². The van der Waals surface area contributed by atoms with Crippen molar-refractivity contribution in [2.24, 2.45) is 46.3 Å². The molecule has 0 aromatic carbocycles. The van der Waals surface area contributed by atoms with Crippen LogP contribution < -0.4 is 22.5 Å². The molecule has 7 N–H and O–H groups in total. The molecule has 0 heterocycles. The van der Waals surface area contributed by atoms with Crippen molar-refractivity contribution < 1.29 is 0 Å². The molecule has 3 aliphatic carbocycles. The average molecular weight is 435 g/mol. The Balaban J connectivity index is 1.96. The van der Waals surface area contributed by atoms with Crippen LogP contribution in [-0.4, -0.2) is 30.7 Å². The summed E-state index contributed by atoms with van der Waals surface area (Å²) in [6.07, 6.45) is 18.2. The minimum absolute atomic E-state index is 0.342. The Kier molecular flexibility index (Phi) is 9.70. The first kappa shape index (κ1) is 25.5. The van der Waals surface area contributed by atoms with Crippen LogP contribution in [0.4, 0.5) is 0 Å². The fourth-order valence-electron chi connectivity index (χ4n) is 7.96. The molecule has 3 rings (SSSR count). The van der Waals surface area contributed by atoms with Gasteiger partial charge in [-0.2, -0.15) is 0 Å². The van der Waals surface area contributed by atoms with Crippen molar-refractivity contribution in [1.29, 1.82) is 0 Å². The van der Waals surface area contributed by atoms with Crippen LogP contribution in [0.1, 0.15) is 111 Å². The summed E-state index contributed by atoms with van der Waals surface area (Å²) in [5, 5.41) is 4.29. The monoisotopic (exact) mass is 434 g/mol.